The van der Waals surface area contributed by atoms with Crippen LogP contribution in [0.15, 0.2) is 22.2 Å². The van der Waals surface area contributed by atoms with Crippen molar-refractivity contribution in [2.75, 3.05) is 26.2 Å². The standard InChI is InChI=1S/C20H29N3O2S2/c1-15(2)25-10-3-7-21-19(24)16-4-8-23(9-5-16)12-18-14-27-20(22-18)17-6-11-26-13-17/h6,11,13-16H,3-5,7-10,12H2,1-2H3,(H,21,24). The van der Waals surface area contributed by atoms with Crippen molar-refractivity contribution >= 4 is 28.6 Å². The Bertz CT molecular complexity index is 692. The van der Waals surface area contributed by atoms with Crippen LogP contribution >= 0.6 is 22.7 Å². The highest BCUT2D eigenvalue weighted by Crippen LogP contribution is 2.27. The highest BCUT2D eigenvalue weighted by Gasteiger charge is 2.25. The zero-order chi connectivity index (χ0) is 19.1. The van der Waals surface area contributed by atoms with Gasteiger partial charge >= 0.3 is 0 Å². The maximum atomic E-state index is 12.3. The number of hydrogen-bond donors (Lipinski definition) is 1. The summed E-state index contributed by atoms with van der Waals surface area (Å²) in [6.45, 7) is 8.26. The van der Waals surface area contributed by atoms with Gasteiger partial charge in [0.1, 0.15) is 5.01 Å². The molecule has 0 spiro atoms. The molecule has 1 fully saturated rings. The molecular weight excluding hydrogens is 378 g/mol. The van der Waals surface area contributed by atoms with Crippen LogP contribution < -0.4 is 5.32 Å². The molecule has 1 N–H and O–H groups in total. The predicted octanol–water partition coefficient (Wildman–Crippen LogP) is 4.01. The van der Waals surface area contributed by atoms with Crippen LogP contribution in [-0.2, 0) is 16.1 Å². The maximum absolute atomic E-state index is 12.3. The van der Waals surface area contributed by atoms with E-state index in [2.05, 4.69) is 32.4 Å². The molecular formula is C20H29N3O2S2. The fourth-order valence-electron chi connectivity index (χ4n) is 3.23. The Morgan fingerprint density at radius 3 is 2.89 bits per heavy atom. The molecule has 1 aliphatic rings. The molecule has 3 rings (SSSR count). The Hall–Kier alpha value is -1.28. The number of likely N-dealkylation sites (tertiary alicyclic amines) is 1. The second-order valence-electron chi connectivity index (χ2n) is 7.27. The summed E-state index contributed by atoms with van der Waals surface area (Å²) in [6, 6.07) is 2.12. The van der Waals surface area contributed by atoms with Gasteiger partial charge in [-0.2, -0.15) is 11.3 Å². The van der Waals surface area contributed by atoms with E-state index in [-0.39, 0.29) is 17.9 Å². The van der Waals surface area contributed by atoms with E-state index in [1.54, 1.807) is 22.7 Å². The molecule has 1 amide bonds. The van der Waals surface area contributed by atoms with Gasteiger partial charge in [-0.05, 0) is 57.6 Å². The molecule has 0 aliphatic carbocycles. The lowest BCUT2D eigenvalue weighted by Crippen LogP contribution is -2.40. The molecule has 0 radical (unpaired) electrons. The highest BCUT2D eigenvalue weighted by molar-refractivity contribution is 7.14. The third-order valence-corrected chi connectivity index (χ3v) is 6.36. The van der Waals surface area contributed by atoms with Crippen LogP contribution in [0.1, 0.15) is 38.8 Å². The van der Waals surface area contributed by atoms with Crippen LogP contribution in [0.5, 0.6) is 0 Å². The number of aromatic nitrogens is 1. The predicted molar refractivity (Wildman–Crippen MR) is 112 cm³/mol. The summed E-state index contributed by atoms with van der Waals surface area (Å²) < 4.78 is 5.50. The molecule has 0 atom stereocenters. The summed E-state index contributed by atoms with van der Waals surface area (Å²) in [4.78, 5) is 19.5. The molecule has 1 aliphatic heterocycles. The topological polar surface area (TPSA) is 54.5 Å². The molecule has 0 bridgehead atoms. The first-order valence-electron chi connectivity index (χ1n) is 9.70. The van der Waals surface area contributed by atoms with E-state index in [1.807, 2.05) is 13.8 Å². The number of nitrogens with one attached hydrogen (secondary N) is 1. The Kier molecular flexibility index (Phi) is 7.81. The number of ether oxygens (including phenoxy) is 1. The zero-order valence-electron chi connectivity index (χ0n) is 16.1. The number of thiazole rings is 1. The van der Waals surface area contributed by atoms with E-state index >= 15 is 0 Å². The van der Waals surface area contributed by atoms with Crippen molar-refractivity contribution in [2.24, 2.45) is 5.92 Å². The molecule has 2 aromatic rings. The monoisotopic (exact) mass is 407 g/mol. The van der Waals surface area contributed by atoms with Gasteiger partial charge in [0.25, 0.3) is 0 Å². The van der Waals surface area contributed by atoms with Crippen LogP contribution in [-0.4, -0.2) is 48.1 Å². The highest BCUT2D eigenvalue weighted by atomic mass is 32.1. The van der Waals surface area contributed by atoms with Crippen molar-refractivity contribution in [1.82, 2.24) is 15.2 Å². The largest absolute Gasteiger partial charge is 0.379 e. The first-order valence-corrected chi connectivity index (χ1v) is 11.5. The number of amides is 1. The molecule has 0 saturated carbocycles. The number of nitrogens with zero attached hydrogens (tertiary/aromatic N) is 2. The summed E-state index contributed by atoms with van der Waals surface area (Å²) in [5, 5.41) is 10.5. The Balaban J connectivity index is 1.36. The SMILES string of the molecule is CC(C)OCCCNC(=O)C1CCN(Cc2csc(-c3ccsc3)n2)CC1. The van der Waals surface area contributed by atoms with Gasteiger partial charge in [-0.25, -0.2) is 4.98 Å². The summed E-state index contributed by atoms with van der Waals surface area (Å²) in [6.07, 6.45) is 2.98. The molecule has 0 unspecified atom stereocenters. The molecule has 7 heteroatoms. The first-order chi connectivity index (χ1) is 13.1. The lowest BCUT2D eigenvalue weighted by molar-refractivity contribution is -0.126. The van der Waals surface area contributed by atoms with E-state index in [0.29, 0.717) is 13.2 Å². The van der Waals surface area contributed by atoms with Crippen LogP contribution in [0.2, 0.25) is 0 Å². The quantitative estimate of drug-likeness (QED) is 0.638. The summed E-state index contributed by atoms with van der Waals surface area (Å²) in [5.74, 6) is 0.344. The van der Waals surface area contributed by atoms with E-state index < -0.39 is 0 Å². The van der Waals surface area contributed by atoms with Gasteiger partial charge in [-0.1, -0.05) is 0 Å². The Labute approximate surface area is 169 Å². The molecule has 5 nitrogen and oxygen atoms in total. The number of hydrogen-bond acceptors (Lipinski definition) is 6. The maximum Gasteiger partial charge on any atom is 0.223 e. The van der Waals surface area contributed by atoms with E-state index in [4.69, 9.17) is 9.72 Å². The van der Waals surface area contributed by atoms with Gasteiger partial charge in [0, 0.05) is 41.9 Å². The number of carbonyl (C=O) groups is 1. The minimum absolute atomic E-state index is 0.143. The van der Waals surface area contributed by atoms with Gasteiger partial charge in [0.2, 0.25) is 5.91 Å². The molecule has 0 aromatic carbocycles. The summed E-state index contributed by atoms with van der Waals surface area (Å²) >= 11 is 3.41. The molecule has 1 saturated heterocycles. The molecule has 2 aromatic heterocycles. The summed E-state index contributed by atoms with van der Waals surface area (Å²) in [7, 11) is 0. The van der Waals surface area contributed by atoms with E-state index in [1.165, 1.54) is 5.56 Å². The number of thiophene rings is 1. The zero-order valence-corrected chi connectivity index (χ0v) is 17.8. The van der Waals surface area contributed by atoms with E-state index in [9.17, 15) is 4.79 Å². The second kappa shape index (κ2) is 10.3. The first kappa shape index (κ1) is 20.5. The molecule has 27 heavy (non-hydrogen) atoms. The summed E-state index contributed by atoms with van der Waals surface area (Å²) in [5.41, 5.74) is 2.35. The van der Waals surface area contributed by atoms with Gasteiger partial charge in [0.15, 0.2) is 0 Å². The minimum Gasteiger partial charge on any atom is -0.379 e. The smallest absolute Gasteiger partial charge is 0.223 e. The Morgan fingerprint density at radius 1 is 1.37 bits per heavy atom. The number of piperidine rings is 1. The fraction of sp³-hybridized carbons (Fsp3) is 0.600. The van der Waals surface area contributed by atoms with Crippen molar-refractivity contribution in [2.45, 2.75) is 45.8 Å². The van der Waals surface area contributed by atoms with Crippen LogP contribution in [0.4, 0.5) is 0 Å². The number of rotatable bonds is 9. The average Bonchev–Trinajstić information content (AvgIpc) is 3.33. The van der Waals surface area contributed by atoms with Crippen molar-refractivity contribution in [3.8, 4) is 10.6 Å². The van der Waals surface area contributed by atoms with Crippen LogP contribution in [0, 0.1) is 5.92 Å². The second-order valence-corrected chi connectivity index (χ2v) is 8.91. The normalized spacial score (nSPS) is 16.1. The Morgan fingerprint density at radius 2 is 2.19 bits per heavy atom. The molecule has 3 heterocycles. The van der Waals surface area contributed by atoms with Gasteiger partial charge in [0.05, 0.1) is 11.8 Å². The third-order valence-electron chi connectivity index (χ3n) is 4.74. The van der Waals surface area contributed by atoms with Crippen molar-refractivity contribution in [3.63, 3.8) is 0 Å². The molecule has 148 valence electrons. The van der Waals surface area contributed by atoms with Gasteiger partial charge in [-0.3, -0.25) is 9.69 Å². The van der Waals surface area contributed by atoms with E-state index in [0.717, 1.165) is 49.6 Å². The third kappa shape index (κ3) is 6.38. The lowest BCUT2D eigenvalue weighted by atomic mass is 9.96. The average molecular weight is 408 g/mol. The van der Waals surface area contributed by atoms with Gasteiger partial charge < -0.3 is 10.1 Å². The van der Waals surface area contributed by atoms with Crippen molar-refractivity contribution < 1.29 is 9.53 Å². The van der Waals surface area contributed by atoms with Crippen molar-refractivity contribution in [1.29, 1.82) is 0 Å². The fourth-order valence-corrected chi connectivity index (χ4v) is 4.75. The lowest BCUT2D eigenvalue weighted by Gasteiger charge is -2.30. The van der Waals surface area contributed by atoms with Crippen LogP contribution in [0.3, 0.4) is 0 Å². The van der Waals surface area contributed by atoms with Crippen molar-refractivity contribution in [3.05, 3.63) is 27.9 Å². The van der Waals surface area contributed by atoms with Crippen LogP contribution in [0.25, 0.3) is 10.6 Å². The minimum atomic E-state index is 0.143. The van der Waals surface area contributed by atoms with Gasteiger partial charge in [-0.15, -0.1) is 11.3 Å². The number of carbonyl (C=O) groups excluding carboxylic acids is 1.